The van der Waals surface area contributed by atoms with Crippen LogP contribution < -0.4 is 4.90 Å². The number of aromatic nitrogens is 3. The van der Waals surface area contributed by atoms with Crippen molar-refractivity contribution in [1.82, 2.24) is 14.8 Å². The van der Waals surface area contributed by atoms with Crippen molar-refractivity contribution in [2.24, 2.45) is 5.92 Å². The van der Waals surface area contributed by atoms with Crippen LogP contribution in [0.5, 0.6) is 0 Å². The van der Waals surface area contributed by atoms with Crippen LogP contribution in [-0.2, 0) is 0 Å². The lowest BCUT2D eigenvalue weighted by Gasteiger charge is -2.34. The zero-order chi connectivity index (χ0) is 12.7. The lowest BCUT2D eigenvalue weighted by molar-refractivity contribution is 0.333. The third kappa shape index (κ3) is 2.20. The van der Waals surface area contributed by atoms with Gasteiger partial charge in [0.1, 0.15) is 0 Å². The van der Waals surface area contributed by atoms with Gasteiger partial charge in [0.15, 0.2) is 4.77 Å². The maximum Gasteiger partial charge on any atom is 0.225 e. The monoisotopic (exact) mass is 266 g/mol. The summed E-state index contributed by atoms with van der Waals surface area (Å²) in [4.78, 5) is 2.35. The van der Waals surface area contributed by atoms with Crippen molar-refractivity contribution in [3.8, 4) is 0 Å². The molecule has 0 saturated heterocycles. The van der Waals surface area contributed by atoms with Gasteiger partial charge in [-0.15, -0.1) is 5.10 Å². The third-order valence-electron chi connectivity index (χ3n) is 4.37. The Morgan fingerprint density at radius 3 is 2.78 bits per heavy atom. The molecule has 5 heteroatoms. The Morgan fingerprint density at radius 2 is 2.11 bits per heavy atom. The minimum Gasteiger partial charge on any atom is -0.341 e. The first-order chi connectivity index (χ1) is 8.66. The lowest BCUT2D eigenvalue weighted by atomic mass is 9.86. The highest BCUT2D eigenvalue weighted by atomic mass is 32.1. The normalized spacial score (nSPS) is 28.3. The van der Waals surface area contributed by atoms with E-state index in [-0.39, 0.29) is 0 Å². The van der Waals surface area contributed by atoms with Crippen LogP contribution in [0.4, 0.5) is 5.95 Å². The molecule has 4 nitrogen and oxygen atoms in total. The van der Waals surface area contributed by atoms with E-state index in [9.17, 15) is 0 Å². The molecule has 1 aromatic heterocycles. The summed E-state index contributed by atoms with van der Waals surface area (Å²) in [6.45, 7) is 2.36. The van der Waals surface area contributed by atoms with Crippen LogP contribution in [0.25, 0.3) is 0 Å². The highest BCUT2D eigenvalue weighted by Gasteiger charge is 2.31. The van der Waals surface area contributed by atoms with Gasteiger partial charge in [0.2, 0.25) is 5.95 Å². The SMILES string of the molecule is CC1CCCC(N(C)c2n[nH]c(=S)n2C2CC2)C1. The summed E-state index contributed by atoms with van der Waals surface area (Å²) >= 11 is 5.35. The maximum absolute atomic E-state index is 5.35. The zero-order valence-corrected chi connectivity index (χ0v) is 12.0. The molecule has 100 valence electrons. The molecule has 0 aliphatic heterocycles. The second-order valence-corrected chi connectivity index (χ2v) is 6.35. The maximum atomic E-state index is 5.35. The number of H-pyrrole nitrogens is 1. The van der Waals surface area contributed by atoms with Gasteiger partial charge in [-0.3, -0.25) is 4.57 Å². The van der Waals surface area contributed by atoms with Crippen LogP contribution >= 0.6 is 12.2 Å². The van der Waals surface area contributed by atoms with Gasteiger partial charge in [-0.2, -0.15) is 0 Å². The van der Waals surface area contributed by atoms with E-state index in [0.29, 0.717) is 12.1 Å². The fourth-order valence-electron chi connectivity index (χ4n) is 3.12. The van der Waals surface area contributed by atoms with Crippen molar-refractivity contribution in [2.75, 3.05) is 11.9 Å². The zero-order valence-electron chi connectivity index (χ0n) is 11.2. The summed E-state index contributed by atoms with van der Waals surface area (Å²) in [7, 11) is 2.17. The number of hydrogen-bond acceptors (Lipinski definition) is 3. The summed E-state index contributed by atoms with van der Waals surface area (Å²) in [6.07, 6.45) is 7.77. The fraction of sp³-hybridized carbons (Fsp3) is 0.846. The van der Waals surface area contributed by atoms with E-state index < -0.39 is 0 Å². The Hall–Kier alpha value is -0.840. The third-order valence-corrected chi connectivity index (χ3v) is 4.66. The summed E-state index contributed by atoms with van der Waals surface area (Å²) in [5, 5.41) is 7.41. The summed E-state index contributed by atoms with van der Waals surface area (Å²) in [5.74, 6) is 1.88. The molecule has 0 aromatic carbocycles. The first kappa shape index (κ1) is 12.2. The van der Waals surface area contributed by atoms with Crippen LogP contribution in [0.3, 0.4) is 0 Å². The van der Waals surface area contributed by atoms with Crippen LogP contribution in [0.15, 0.2) is 0 Å². The summed E-state index contributed by atoms with van der Waals surface area (Å²) in [5.41, 5.74) is 0. The standard InChI is InChI=1S/C13H22N4S/c1-9-4-3-5-11(8-9)16(2)12-14-15-13(18)17(12)10-6-7-10/h9-11H,3-8H2,1-2H3,(H,15,18). The molecule has 2 fully saturated rings. The highest BCUT2D eigenvalue weighted by molar-refractivity contribution is 7.71. The molecule has 2 saturated carbocycles. The molecule has 0 spiro atoms. The Bertz CT molecular complexity index is 474. The predicted molar refractivity (Wildman–Crippen MR) is 75.5 cm³/mol. The quantitative estimate of drug-likeness (QED) is 0.853. The van der Waals surface area contributed by atoms with E-state index in [2.05, 4.69) is 33.6 Å². The smallest absolute Gasteiger partial charge is 0.225 e. The van der Waals surface area contributed by atoms with Gasteiger partial charge in [0, 0.05) is 19.1 Å². The average Bonchev–Trinajstić information content (AvgIpc) is 3.12. The van der Waals surface area contributed by atoms with E-state index >= 15 is 0 Å². The first-order valence-corrected chi connectivity index (χ1v) is 7.47. The Kier molecular flexibility index (Phi) is 3.18. The van der Waals surface area contributed by atoms with Gasteiger partial charge in [0.25, 0.3) is 0 Å². The molecule has 2 aliphatic rings. The van der Waals surface area contributed by atoms with E-state index in [1.54, 1.807) is 0 Å². The number of anilines is 1. The minimum atomic E-state index is 0.592. The van der Waals surface area contributed by atoms with Gasteiger partial charge >= 0.3 is 0 Å². The van der Waals surface area contributed by atoms with Crippen LogP contribution in [0.2, 0.25) is 0 Å². The van der Waals surface area contributed by atoms with Gasteiger partial charge in [-0.05, 0) is 43.8 Å². The molecule has 2 unspecified atom stereocenters. The second-order valence-electron chi connectivity index (χ2n) is 5.97. The van der Waals surface area contributed by atoms with Crippen molar-refractivity contribution < 1.29 is 0 Å². The molecule has 1 heterocycles. The van der Waals surface area contributed by atoms with Crippen LogP contribution in [0, 0.1) is 10.7 Å². The molecule has 18 heavy (non-hydrogen) atoms. The molecule has 0 radical (unpaired) electrons. The Morgan fingerprint density at radius 1 is 1.33 bits per heavy atom. The van der Waals surface area contributed by atoms with Gasteiger partial charge in [-0.1, -0.05) is 19.8 Å². The molecule has 1 aromatic rings. The molecule has 2 atom stereocenters. The molecule has 2 aliphatic carbocycles. The van der Waals surface area contributed by atoms with Crippen molar-refractivity contribution in [1.29, 1.82) is 0 Å². The van der Waals surface area contributed by atoms with Gasteiger partial charge in [-0.25, -0.2) is 5.10 Å². The van der Waals surface area contributed by atoms with E-state index in [1.165, 1.54) is 38.5 Å². The molecular formula is C13H22N4S. The summed E-state index contributed by atoms with van der Waals surface area (Å²) < 4.78 is 3.00. The first-order valence-electron chi connectivity index (χ1n) is 7.06. The average molecular weight is 266 g/mol. The van der Waals surface area contributed by atoms with Crippen LogP contribution in [-0.4, -0.2) is 27.9 Å². The second kappa shape index (κ2) is 4.68. The van der Waals surface area contributed by atoms with Gasteiger partial charge in [0.05, 0.1) is 0 Å². The van der Waals surface area contributed by atoms with E-state index in [4.69, 9.17) is 12.2 Å². The number of nitrogens with zero attached hydrogens (tertiary/aromatic N) is 3. The topological polar surface area (TPSA) is 36.9 Å². The summed E-state index contributed by atoms with van der Waals surface area (Å²) in [6, 6.07) is 1.21. The van der Waals surface area contributed by atoms with Gasteiger partial charge < -0.3 is 4.90 Å². The predicted octanol–water partition coefficient (Wildman–Crippen LogP) is 3.29. The van der Waals surface area contributed by atoms with Crippen molar-refractivity contribution >= 4 is 18.2 Å². The van der Waals surface area contributed by atoms with Crippen LogP contribution in [0.1, 0.15) is 51.5 Å². The van der Waals surface area contributed by atoms with E-state index in [1.807, 2.05) is 0 Å². The Labute approximate surface area is 113 Å². The number of hydrogen-bond donors (Lipinski definition) is 1. The molecule has 0 amide bonds. The van der Waals surface area contributed by atoms with Crippen molar-refractivity contribution in [3.05, 3.63) is 4.77 Å². The molecule has 1 N–H and O–H groups in total. The Balaban J connectivity index is 1.83. The largest absolute Gasteiger partial charge is 0.341 e. The number of aromatic amines is 1. The van der Waals surface area contributed by atoms with Crippen molar-refractivity contribution in [3.63, 3.8) is 0 Å². The molecule has 3 rings (SSSR count). The molecular weight excluding hydrogens is 244 g/mol. The van der Waals surface area contributed by atoms with E-state index in [0.717, 1.165) is 16.6 Å². The lowest BCUT2D eigenvalue weighted by Crippen LogP contribution is -2.37. The van der Waals surface area contributed by atoms with Crippen molar-refractivity contribution in [2.45, 2.75) is 57.5 Å². The highest BCUT2D eigenvalue weighted by Crippen LogP contribution is 2.38. The number of nitrogens with one attached hydrogen (secondary N) is 1. The molecule has 0 bridgehead atoms. The minimum absolute atomic E-state index is 0.592. The number of rotatable bonds is 3. The fourth-order valence-corrected chi connectivity index (χ4v) is 3.40.